The standard InChI is InChI=1S/C17H17.W/c1-2-14-8-6-7-11-16(14)17(12-13-17)15-9-4-3-5-10-15;/h3-6,8-11H,2,12-13H2,1H3;/q-1;. The van der Waals surface area contributed by atoms with Crippen LogP contribution in [0, 0.1) is 6.07 Å². The Labute approximate surface area is 124 Å². The fourth-order valence-electron chi connectivity index (χ4n) is 2.81. The molecule has 18 heavy (non-hydrogen) atoms. The molecule has 0 saturated heterocycles. The number of hydrogen-bond acceptors (Lipinski definition) is 0. The Morgan fingerprint density at radius 1 is 1.11 bits per heavy atom. The van der Waals surface area contributed by atoms with Gasteiger partial charge in [-0.2, -0.15) is 29.8 Å². The van der Waals surface area contributed by atoms with E-state index in [9.17, 15) is 0 Å². The van der Waals surface area contributed by atoms with Crippen LogP contribution in [-0.4, -0.2) is 0 Å². The van der Waals surface area contributed by atoms with Gasteiger partial charge in [-0.05, 0) is 23.8 Å². The van der Waals surface area contributed by atoms with Gasteiger partial charge in [0.25, 0.3) is 0 Å². The Morgan fingerprint density at radius 3 is 2.44 bits per heavy atom. The van der Waals surface area contributed by atoms with Crippen LogP contribution in [0.15, 0.2) is 48.5 Å². The van der Waals surface area contributed by atoms with E-state index in [-0.39, 0.29) is 21.1 Å². The zero-order chi connectivity index (χ0) is 11.7. The molecule has 0 radical (unpaired) electrons. The van der Waals surface area contributed by atoms with Crippen molar-refractivity contribution in [2.75, 3.05) is 0 Å². The number of aryl methyl sites for hydroxylation is 1. The Bertz CT molecular complexity index is 512. The Kier molecular flexibility index (Phi) is 4.07. The van der Waals surface area contributed by atoms with E-state index in [1.807, 2.05) is 6.07 Å². The maximum Gasteiger partial charge on any atom is 0 e. The molecule has 1 aliphatic carbocycles. The van der Waals surface area contributed by atoms with Gasteiger partial charge in [0.1, 0.15) is 0 Å². The average Bonchev–Trinajstić information content (AvgIpc) is 3.21. The van der Waals surface area contributed by atoms with Crippen molar-refractivity contribution in [2.45, 2.75) is 31.6 Å². The molecule has 92 valence electrons. The van der Waals surface area contributed by atoms with Crippen LogP contribution in [0.25, 0.3) is 0 Å². The van der Waals surface area contributed by atoms with Gasteiger partial charge in [-0.3, -0.25) is 0 Å². The van der Waals surface area contributed by atoms with E-state index in [0.717, 1.165) is 6.42 Å². The third-order valence-corrected chi connectivity index (χ3v) is 3.93. The molecule has 0 aliphatic heterocycles. The summed E-state index contributed by atoms with van der Waals surface area (Å²) in [6.45, 7) is 2.24. The van der Waals surface area contributed by atoms with Crippen molar-refractivity contribution in [1.29, 1.82) is 0 Å². The van der Waals surface area contributed by atoms with Gasteiger partial charge < -0.3 is 0 Å². The van der Waals surface area contributed by atoms with Crippen molar-refractivity contribution in [3.63, 3.8) is 0 Å². The molecule has 0 unspecified atom stereocenters. The third-order valence-electron chi connectivity index (χ3n) is 3.93. The van der Waals surface area contributed by atoms with E-state index in [1.165, 1.54) is 29.5 Å². The van der Waals surface area contributed by atoms with E-state index in [0.29, 0.717) is 5.41 Å². The molecule has 0 nitrogen and oxygen atoms in total. The van der Waals surface area contributed by atoms with Crippen molar-refractivity contribution in [3.8, 4) is 0 Å². The van der Waals surface area contributed by atoms with Crippen LogP contribution in [0.5, 0.6) is 0 Å². The van der Waals surface area contributed by atoms with Crippen LogP contribution in [0.3, 0.4) is 0 Å². The van der Waals surface area contributed by atoms with Crippen LogP contribution in [0.4, 0.5) is 0 Å². The summed E-state index contributed by atoms with van der Waals surface area (Å²) >= 11 is 0. The van der Waals surface area contributed by atoms with Crippen LogP contribution < -0.4 is 0 Å². The SMILES string of the molecule is CCc1cc[c-]cc1C1(c2ccccc2)CC1.[W]. The molecular weight excluding hydrogens is 388 g/mol. The Balaban J connectivity index is 0.00000120. The average molecular weight is 405 g/mol. The van der Waals surface area contributed by atoms with Crippen molar-refractivity contribution >= 4 is 0 Å². The first-order valence-corrected chi connectivity index (χ1v) is 6.42. The largest absolute Gasteiger partial charge is 0.183 e. The van der Waals surface area contributed by atoms with Crippen molar-refractivity contribution in [3.05, 3.63) is 71.3 Å². The summed E-state index contributed by atoms with van der Waals surface area (Å²) in [6, 6.07) is 20.6. The molecule has 0 spiro atoms. The predicted octanol–water partition coefficient (Wildman–Crippen LogP) is 4.13. The fraction of sp³-hybridized carbons (Fsp3) is 0.294. The zero-order valence-corrected chi connectivity index (χ0v) is 13.6. The van der Waals surface area contributed by atoms with Crippen LogP contribution in [0.2, 0.25) is 0 Å². The van der Waals surface area contributed by atoms with Crippen LogP contribution in [-0.2, 0) is 32.9 Å². The molecule has 1 fully saturated rings. The molecule has 2 aromatic carbocycles. The van der Waals surface area contributed by atoms with Crippen molar-refractivity contribution in [1.82, 2.24) is 0 Å². The first-order valence-electron chi connectivity index (χ1n) is 6.42. The Morgan fingerprint density at radius 2 is 1.83 bits per heavy atom. The number of benzene rings is 2. The minimum atomic E-state index is 0. The second-order valence-electron chi connectivity index (χ2n) is 4.88. The topological polar surface area (TPSA) is 0 Å². The maximum absolute atomic E-state index is 3.25. The van der Waals surface area contributed by atoms with Crippen LogP contribution >= 0.6 is 0 Å². The molecule has 0 N–H and O–H groups in total. The monoisotopic (exact) mass is 405 g/mol. The van der Waals surface area contributed by atoms with Crippen LogP contribution in [0.1, 0.15) is 36.5 Å². The molecule has 2 aromatic rings. The van der Waals surface area contributed by atoms with Gasteiger partial charge in [0.2, 0.25) is 0 Å². The molecule has 0 bridgehead atoms. The minimum absolute atomic E-state index is 0. The smallest absolute Gasteiger partial charge is 0 e. The van der Waals surface area contributed by atoms with Gasteiger partial charge in [-0.1, -0.05) is 43.7 Å². The summed E-state index contributed by atoms with van der Waals surface area (Å²) in [7, 11) is 0. The normalized spacial score (nSPS) is 15.8. The molecule has 1 saturated carbocycles. The van der Waals surface area contributed by atoms with Gasteiger partial charge >= 0.3 is 0 Å². The third kappa shape index (κ3) is 2.19. The Hall–Kier alpha value is -0.872. The first kappa shape index (κ1) is 13.6. The summed E-state index contributed by atoms with van der Waals surface area (Å²) in [4.78, 5) is 0. The van der Waals surface area contributed by atoms with Gasteiger partial charge in [-0.25, -0.2) is 0 Å². The molecule has 3 rings (SSSR count). The number of hydrogen-bond donors (Lipinski definition) is 0. The quantitative estimate of drug-likeness (QED) is 0.674. The minimum Gasteiger partial charge on any atom is -0.183 e. The summed E-state index contributed by atoms with van der Waals surface area (Å²) in [6.07, 6.45) is 3.67. The maximum atomic E-state index is 3.25. The fourth-order valence-corrected chi connectivity index (χ4v) is 2.81. The number of rotatable bonds is 3. The molecule has 0 aromatic heterocycles. The van der Waals surface area contributed by atoms with Gasteiger partial charge in [0.15, 0.2) is 0 Å². The first-order chi connectivity index (χ1) is 8.37. The second kappa shape index (κ2) is 5.41. The molecule has 0 amide bonds. The van der Waals surface area contributed by atoms with E-state index < -0.39 is 0 Å². The summed E-state index contributed by atoms with van der Waals surface area (Å²) < 4.78 is 0. The van der Waals surface area contributed by atoms with Gasteiger partial charge in [0, 0.05) is 21.1 Å². The molecule has 0 atom stereocenters. The molecule has 1 heteroatoms. The second-order valence-corrected chi connectivity index (χ2v) is 4.88. The van der Waals surface area contributed by atoms with Gasteiger partial charge in [-0.15, -0.1) is 5.56 Å². The molecular formula is C17H17W-. The van der Waals surface area contributed by atoms with E-state index in [2.05, 4.69) is 55.5 Å². The summed E-state index contributed by atoms with van der Waals surface area (Å²) in [5, 5.41) is 0. The van der Waals surface area contributed by atoms with Crippen molar-refractivity contribution < 1.29 is 21.1 Å². The van der Waals surface area contributed by atoms with Crippen molar-refractivity contribution in [2.24, 2.45) is 0 Å². The predicted molar refractivity (Wildman–Crippen MR) is 71.1 cm³/mol. The molecule has 1 aliphatic rings. The summed E-state index contributed by atoms with van der Waals surface area (Å²) in [5.41, 5.74) is 4.73. The zero-order valence-electron chi connectivity index (χ0n) is 10.6. The van der Waals surface area contributed by atoms with E-state index in [1.54, 1.807) is 0 Å². The van der Waals surface area contributed by atoms with E-state index >= 15 is 0 Å². The van der Waals surface area contributed by atoms with Gasteiger partial charge in [0.05, 0.1) is 0 Å². The van der Waals surface area contributed by atoms with E-state index in [4.69, 9.17) is 0 Å². The summed E-state index contributed by atoms with van der Waals surface area (Å²) in [5.74, 6) is 0. The molecule has 0 heterocycles.